The molecule has 1 unspecified atom stereocenters. The van der Waals surface area contributed by atoms with Crippen molar-refractivity contribution in [3.8, 4) is 0 Å². The van der Waals surface area contributed by atoms with E-state index in [0.717, 1.165) is 25.9 Å². The minimum absolute atomic E-state index is 0.0929. The number of hydrogen-bond acceptors (Lipinski definition) is 2. The molecule has 1 amide bonds. The van der Waals surface area contributed by atoms with E-state index in [9.17, 15) is 9.18 Å². The number of piperidine rings is 1. The summed E-state index contributed by atoms with van der Waals surface area (Å²) in [4.78, 5) is 13.0. The summed E-state index contributed by atoms with van der Waals surface area (Å²) < 4.78 is 13.0. The molecule has 0 radical (unpaired) electrons. The molecule has 1 heterocycles. The molecule has 18 heavy (non-hydrogen) atoms. The molecule has 1 fully saturated rings. The molecule has 1 aromatic rings. The zero-order valence-corrected chi connectivity index (χ0v) is 10.3. The normalized spacial score (nSPS) is 23.7. The molecule has 2 atom stereocenters. The monoisotopic (exact) mass is 252 g/mol. The number of carbonyl (C=O) groups is 1. The lowest BCUT2D eigenvalue weighted by atomic mass is 10.1. The number of quaternary nitrogens is 1. The molecule has 0 spiro atoms. The van der Waals surface area contributed by atoms with Gasteiger partial charge in [0.1, 0.15) is 5.82 Å². The number of benzene rings is 1. The van der Waals surface area contributed by atoms with Crippen molar-refractivity contribution in [2.75, 3.05) is 25.0 Å². The Balaban J connectivity index is 1.85. The molecule has 5 heteroatoms. The Kier molecular flexibility index (Phi) is 4.28. The Morgan fingerprint density at radius 3 is 3.11 bits per heavy atom. The molecule has 98 valence electrons. The summed E-state index contributed by atoms with van der Waals surface area (Å²) in [5.41, 5.74) is 6.37. The molecule has 1 aromatic carbocycles. The smallest absolute Gasteiger partial charge is 0.279 e. The fourth-order valence-electron chi connectivity index (χ4n) is 2.35. The van der Waals surface area contributed by atoms with Gasteiger partial charge in [-0.2, -0.15) is 0 Å². The number of hydrogen-bond donors (Lipinski definition) is 3. The van der Waals surface area contributed by atoms with E-state index in [4.69, 9.17) is 5.73 Å². The fraction of sp³-hybridized carbons (Fsp3) is 0.462. The number of rotatable bonds is 3. The summed E-state index contributed by atoms with van der Waals surface area (Å²) in [7, 11) is 0. The SMILES string of the molecule is N[C@H]1CCC[NH+](CC(=O)Nc2cccc(F)c2)C1. The number of halogens is 1. The number of anilines is 1. The standard InChI is InChI=1S/C13H18FN3O/c14-10-3-1-5-12(7-10)16-13(18)9-17-6-2-4-11(15)8-17/h1,3,5,7,11H,2,4,6,8-9,15H2,(H,16,18)/p+1/t11-/m0/s1. The molecule has 0 aliphatic carbocycles. The van der Waals surface area contributed by atoms with Gasteiger partial charge in [-0.3, -0.25) is 4.79 Å². The maximum absolute atomic E-state index is 13.0. The molecule has 4 nitrogen and oxygen atoms in total. The van der Waals surface area contributed by atoms with E-state index in [-0.39, 0.29) is 17.8 Å². The largest absolute Gasteiger partial charge is 0.326 e. The maximum atomic E-state index is 13.0. The van der Waals surface area contributed by atoms with Crippen LogP contribution in [-0.4, -0.2) is 31.6 Å². The van der Waals surface area contributed by atoms with Gasteiger partial charge in [-0.15, -0.1) is 0 Å². The van der Waals surface area contributed by atoms with Gasteiger partial charge in [0, 0.05) is 5.69 Å². The van der Waals surface area contributed by atoms with E-state index in [2.05, 4.69) is 5.32 Å². The third kappa shape index (κ3) is 3.78. The quantitative estimate of drug-likeness (QED) is 0.696. The lowest BCUT2D eigenvalue weighted by molar-refractivity contribution is -0.897. The first-order chi connectivity index (χ1) is 8.63. The van der Waals surface area contributed by atoms with E-state index in [1.807, 2.05) is 0 Å². The lowest BCUT2D eigenvalue weighted by Gasteiger charge is -2.27. The van der Waals surface area contributed by atoms with Crippen LogP contribution < -0.4 is 16.0 Å². The first kappa shape index (κ1) is 13.0. The Morgan fingerprint density at radius 1 is 1.56 bits per heavy atom. The van der Waals surface area contributed by atoms with Crippen LogP contribution in [0.4, 0.5) is 10.1 Å². The van der Waals surface area contributed by atoms with Crippen LogP contribution in [0.25, 0.3) is 0 Å². The van der Waals surface area contributed by atoms with Gasteiger partial charge in [-0.25, -0.2) is 4.39 Å². The van der Waals surface area contributed by atoms with E-state index in [1.54, 1.807) is 12.1 Å². The van der Waals surface area contributed by atoms with Crippen molar-refractivity contribution in [2.45, 2.75) is 18.9 Å². The fourth-order valence-corrected chi connectivity index (χ4v) is 2.35. The van der Waals surface area contributed by atoms with Crippen LogP contribution in [0.15, 0.2) is 24.3 Å². The van der Waals surface area contributed by atoms with Crippen molar-refractivity contribution < 1.29 is 14.1 Å². The van der Waals surface area contributed by atoms with Crippen molar-refractivity contribution in [1.82, 2.24) is 0 Å². The number of carbonyl (C=O) groups excluding carboxylic acids is 1. The summed E-state index contributed by atoms with van der Waals surface area (Å²) in [5, 5.41) is 2.70. The van der Waals surface area contributed by atoms with Crippen LogP contribution in [0.3, 0.4) is 0 Å². The Morgan fingerprint density at radius 2 is 2.39 bits per heavy atom. The van der Waals surface area contributed by atoms with E-state index < -0.39 is 0 Å². The van der Waals surface area contributed by atoms with Crippen LogP contribution in [0.5, 0.6) is 0 Å². The summed E-state index contributed by atoms with van der Waals surface area (Å²) >= 11 is 0. The van der Waals surface area contributed by atoms with Crippen LogP contribution in [0, 0.1) is 5.82 Å². The predicted molar refractivity (Wildman–Crippen MR) is 67.8 cm³/mol. The van der Waals surface area contributed by atoms with Gasteiger partial charge in [-0.05, 0) is 31.0 Å². The first-order valence-corrected chi connectivity index (χ1v) is 6.28. The molecule has 0 aromatic heterocycles. The number of nitrogens with two attached hydrogens (primary N) is 1. The van der Waals surface area contributed by atoms with E-state index >= 15 is 0 Å². The molecular weight excluding hydrogens is 233 g/mol. The molecule has 1 saturated heterocycles. The summed E-state index contributed by atoms with van der Waals surface area (Å²) in [5.74, 6) is -0.440. The molecule has 4 N–H and O–H groups in total. The van der Waals surface area contributed by atoms with Gasteiger partial charge >= 0.3 is 0 Å². The number of nitrogens with one attached hydrogen (secondary N) is 2. The van der Waals surface area contributed by atoms with Gasteiger partial charge in [-0.1, -0.05) is 6.07 Å². The van der Waals surface area contributed by atoms with Crippen LogP contribution in [-0.2, 0) is 4.79 Å². The molecule has 2 rings (SSSR count). The average molecular weight is 252 g/mol. The highest BCUT2D eigenvalue weighted by atomic mass is 19.1. The van der Waals surface area contributed by atoms with Crippen LogP contribution in [0.2, 0.25) is 0 Å². The van der Waals surface area contributed by atoms with Gasteiger partial charge in [0.2, 0.25) is 0 Å². The van der Waals surface area contributed by atoms with Gasteiger partial charge < -0.3 is 16.0 Å². The lowest BCUT2D eigenvalue weighted by Crippen LogP contribution is -3.15. The molecule has 0 saturated carbocycles. The second-order valence-corrected chi connectivity index (χ2v) is 4.84. The highest BCUT2D eigenvalue weighted by Crippen LogP contribution is 2.08. The Hall–Kier alpha value is -1.46. The van der Waals surface area contributed by atoms with E-state index in [0.29, 0.717) is 12.2 Å². The van der Waals surface area contributed by atoms with Gasteiger partial charge in [0.25, 0.3) is 5.91 Å². The zero-order valence-electron chi connectivity index (χ0n) is 10.3. The van der Waals surface area contributed by atoms with Crippen LogP contribution >= 0.6 is 0 Å². The second-order valence-electron chi connectivity index (χ2n) is 4.84. The Bertz CT molecular complexity index is 424. The topological polar surface area (TPSA) is 59.6 Å². The van der Waals surface area contributed by atoms with Gasteiger partial charge in [0.15, 0.2) is 6.54 Å². The number of likely N-dealkylation sites (tertiary alicyclic amines) is 1. The second kappa shape index (κ2) is 5.93. The third-order valence-corrected chi connectivity index (χ3v) is 3.18. The van der Waals surface area contributed by atoms with Crippen LogP contribution in [0.1, 0.15) is 12.8 Å². The van der Waals surface area contributed by atoms with Crippen molar-refractivity contribution >= 4 is 11.6 Å². The van der Waals surface area contributed by atoms with Gasteiger partial charge in [0.05, 0.1) is 19.1 Å². The minimum atomic E-state index is -0.347. The van der Waals surface area contributed by atoms with Crippen molar-refractivity contribution in [3.05, 3.63) is 30.1 Å². The summed E-state index contributed by atoms with van der Waals surface area (Å²) in [6.45, 7) is 2.20. The maximum Gasteiger partial charge on any atom is 0.279 e. The van der Waals surface area contributed by atoms with E-state index in [1.165, 1.54) is 17.0 Å². The summed E-state index contributed by atoms with van der Waals surface area (Å²) in [6, 6.07) is 6.11. The number of amides is 1. The molecular formula is C13H19FN3O+. The third-order valence-electron chi connectivity index (χ3n) is 3.18. The highest BCUT2D eigenvalue weighted by molar-refractivity contribution is 5.91. The zero-order chi connectivity index (χ0) is 13.0. The van der Waals surface area contributed by atoms with Crippen molar-refractivity contribution in [3.63, 3.8) is 0 Å². The summed E-state index contributed by atoms with van der Waals surface area (Å²) in [6.07, 6.45) is 2.10. The Labute approximate surface area is 106 Å². The molecule has 1 aliphatic heterocycles. The molecule has 1 aliphatic rings. The predicted octanol–water partition coefficient (Wildman–Crippen LogP) is -0.230. The average Bonchev–Trinajstić information content (AvgIpc) is 2.28. The highest BCUT2D eigenvalue weighted by Gasteiger charge is 2.22. The van der Waals surface area contributed by atoms with Crippen molar-refractivity contribution in [1.29, 1.82) is 0 Å². The van der Waals surface area contributed by atoms with Crippen molar-refractivity contribution in [2.24, 2.45) is 5.73 Å². The minimum Gasteiger partial charge on any atom is -0.326 e. The molecule has 0 bridgehead atoms. The first-order valence-electron chi connectivity index (χ1n) is 6.28.